The monoisotopic (exact) mass is 303 g/mol. The summed E-state index contributed by atoms with van der Waals surface area (Å²) in [5.74, 6) is 0. The van der Waals surface area contributed by atoms with Crippen LogP contribution in [0.15, 0.2) is 30.3 Å². The van der Waals surface area contributed by atoms with E-state index in [-0.39, 0.29) is 161 Å². The van der Waals surface area contributed by atoms with E-state index < -0.39 is 7.82 Å². The van der Waals surface area contributed by atoms with Gasteiger partial charge in [0.15, 0.2) is 0 Å². The van der Waals surface area contributed by atoms with Gasteiger partial charge in [-0.2, -0.15) is 0 Å². The van der Waals surface area contributed by atoms with Crippen molar-refractivity contribution in [1.82, 2.24) is 0 Å². The molecule has 0 amide bonds. The van der Waals surface area contributed by atoms with Crippen LogP contribution in [0.25, 0.3) is 0 Å². The molecule has 0 aliphatic heterocycles. The van der Waals surface area contributed by atoms with Gasteiger partial charge >= 0.3 is 154 Å². The molecule has 0 saturated heterocycles. The average molecular weight is 303 g/mol. The van der Waals surface area contributed by atoms with Gasteiger partial charge in [0.25, 0.3) is 0 Å². The first-order valence-electron chi connectivity index (χ1n) is 3.28. The van der Waals surface area contributed by atoms with Crippen molar-refractivity contribution in [2.24, 2.45) is 0 Å². The van der Waals surface area contributed by atoms with Crippen molar-refractivity contribution in [3.8, 4) is 0 Å². The molecule has 0 fully saturated rings. The van der Waals surface area contributed by atoms with Gasteiger partial charge in [0.1, 0.15) is 0 Å². The molecule has 0 aliphatic rings. The van der Waals surface area contributed by atoms with Crippen LogP contribution in [0.1, 0.15) is 5.56 Å². The molecule has 0 heterocycles. The van der Waals surface area contributed by atoms with Crippen LogP contribution in [0.5, 0.6) is 0 Å². The van der Waals surface area contributed by atoms with Crippen LogP contribution >= 0.6 is 7.82 Å². The molecule has 0 N–H and O–H groups in total. The summed E-state index contributed by atoms with van der Waals surface area (Å²) < 4.78 is 14.1. The second-order valence-electron chi connectivity index (χ2n) is 2.21. The first-order chi connectivity index (χ1) is 5.58. The maximum absolute atomic E-state index is 10.1. The second-order valence-corrected chi connectivity index (χ2v) is 3.36. The van der Waals surface area contributed by atoms with Gasteiger partial charge in [0.2, 0.25) is 0 Å². The minimum Gasteiger partial charge on any atom is -0.790 e. The molecule has 8 heteroatoms. The summed E-state index contributed by atoms with van der Waals surface area (Å²) in [5, 5.41) is 0. The minimum atomic E-state index is -4.83. The van der Waals surface area contributed by atoms with E-state index in [1.54, 1.807) is 30.3 Å². The van der Waals surface area contributed by atoms with Gasteiger partial charge in [-0.15, -0.1) is 0 Å². The second kappa shape index (κ2) is 13.2. The fourth-order valence-corrected chi connectivity index (χ4v) is 1.04. The van der Waals surface area contributed by atoms with Crippen LogP contribution in [0, 0.1) is 0 Å². The van der Waals surface area contributed by atoms with Crippen molar-refractivity contribution < 1.29 is 173 Å². The van der Waals surface area contributed by atoms with Gasteiger partial charge < -0.3 is 18.9 Å². The van der Waals surface area contributed by atoms with E-state index in [0.717, 1.165) is 0 Å². The van der Waals surface area contributed by atoms with Crippen LogP contribution in [0.3, 0.4) is 0 Å². The van der Waals surface area contributed by atoms with Crippen molar-refractivity contribution in [2.75, 3.05) is 0 Å². The Labute approximate surface area is 217 Å². The molecule has 1 rings (SSSR count). The quantitative estimate of drug-likeness (QED) is 0.411. The fourth-order valence-electron chi connectivity index (χ4n) is 0.728. The Bertz CT molecular complexity index is 290. The third-order valence-corrected chi connectivity index (χ3v) is 1.68. The Morgan fingerprint density at radius 3 is 1.93 bits per heavy atom. The van der Waals surface area contributed by atoms with E-state index in [9.17, 15) is 14.4 Å². The third-order valence-electron chi connectivity index (χ3n) is 1.23. The van der Waals surface area contributed by atoms with E-state index in [2.05, 4.69) is 4.52 Å². The zero-order valence-electron chi connectivity index (χ0n) is 9.17. The molecule has 4 nitrogen and oxygen atoms in total. The van der Waals surface area contributed by atoms with Crippen molar-refractivity contribution in [2.45, 2.75) is 6.61 Å². The molecule has 0 atom stereocenters. The zero-order valence-corrected chi connectivity index (χ0v) is 19.4. The van der Waals surface area contributed by atoms with Crippen molar-refractivity contribution in [3.05, 3.63) is 35.9 Å². The molecule has 1 aromatic rings. The van der Waals surface area contributed by atoms with Gasteiger partial charge in [-0.25, -0.2) is 0 Å². The van der Waals surface area contributed by atoms with Gasteiger partial charge in [0.05, 0.1) is 14.4 Å². The average Bonchev–Trinajstić information content (AvgIpc) is 2.02. The predicted octanol–water partition coefficient (Wildman–Crippen LogP) is -8.96. The van der Waals surface area contributed by atoms with Crippen LogP contribution in [-0.2, 0) is 15.7 Å². The zero-order chi connectivity index (χ0) is 9.03. The van der Waals surface area contributed by atoms with E-state index in [1.165, 1.54) is 0 Å². The van der Waals surface area contributed by atoms with Crippen LogP contribution in [-0.4, -0.2) is 0 Å². The van der Waals surface area contributed by atoms with Crippen LogP contribution in [0.2, 0.25) is 0 Å². The predicted molar refractivity (Wildman–Crippen MR) is 38.8 cm³/mol. The Morgan fingerprint density at radius 1 is 1.07 bits per heavy atom. The molecule has 15 heavy (non-hydrogen) atoms. The SMILES string of the molecule is O=P([O-])([O-])OCc1ccccc1.[K+].[K+].[K+]. The molecule has 0 bridgehead atoms. The molecule has 0 radical (unpaired) electrons. The first kappa shape index (κ1) is 24.3. The van der Waals surface area contributed by atoms with E-state index in [0.29, 0.717) is 5.56 Å². The fraction of sp³-hybridized carbons (Fsp3) is 0.143. The van der Waals surface area contributed by atoms with Crippen molar-refractivity contribution in [3.63, 3.8) is 0 Å². The van der Waals surface area contributed by atoms with Crippen molar-refractivity contribution in [1.29, 1.82) is 0 Å². The number of hydrogen-bond donors (Lipinski definition) is 0. The number of hydrogen-bond acceptors (Lipinski definition) is 4. The summed E-state index contributed by atoms with van der Waals surface area (Å²) in [6.45, 7) is -0.189. The Kier molecular flexibility index (Phi) is 21.4. The third kappa shape index (κ3) is 14.5. The van der Waals surface area contributed by atoms with Gasteiger partial charge in [0, 0.05) is 0 Å². The van der Waals surface area contributed by atoms with Crippen molar-refractivity contribution >= 4 is 7.82 Å². The number of phosphoric acid groups is 1. The topological polar surface area (TPSA) is 72.4 Å². The summed E-state index contributed by atoms with van der Waals surface area (Å²) in [7, 11) is -4.83. The molecular weight excluding hydrogens is 296 g/mol. The van der Waals surface area contributed by atoms with E-state index in [1.807, 2.05) is 0 Å². The van der Waals surface area contributed by atoms with Gasteiger partial charge in [-0.1, -0.05) is 30.3 Å². The molecule has 0 aromatic heterocycles. The minimum absolute atomic E-state index is 0. The molecular formula is C7H7K3O4P+. The molecule has 0 spiro atoms. The molecule has 0 unspecified atom stereocenters. The summed E-state index contributed by atoms with van der Waals surface area (Å²) in [6, 6.07) is 8.61. The summed E-state index contributed by atoms with van der Waals surface area (Å²) in [5.41, 5.74) is 0.657. The maximum Gasteiger partial charge on any atom is 1.00 e. The Hall–Kier alpha value is 4.24. The largest absolute Gasteiger partial charge is 1.00 e. The normalized spacial score (nSPS) is 9.20. The number of benzene rings is 1. The van der Waals surface area contributed by atoms with Gasteiger partial charge in [-0.05, 0) is 5.56 Å². The standard InChI is InChI=1S/C7H9O4P.3K/c8-12(9,10)11-6-7-4-2-1-3-5-7;;;/h1-5H,6H2,(H2,8,9,10);;;/q;3*+1/p-2. The molecule has 66 valence electrons. The summed E-state index contributed by atoms with van der Waals surface area (Å²) in [4.78, 5) is 20.1. The van der Waals surface area contributed by atoms with E-state index >= 15 is 0 Å². The maximum atomic E-state index is 10.1. The molecule has 0 saturated carbocycles. The summed E-state index contributed by atoms with van der Waals surface area (Å²) >= 11 is 0. The number of rotatable bonds is 3. The van der Waals surface area contributed by atoms with Gasteiger partial charge in [-0.3, -0.25) is 0 Å². The van der Waals surface area contributed by atoms with Crippen LogP contribution in [0.4, 0.5) is 0 Å². The molecule has 1 aromatic carbocycles. The molecule has 0 aliphatic carbocycles. The van der Waals surface area contributed by atoms with E-state index in [4.69, 9.17) is 0 Å². The number of phosphoric ester groups is 1. The van der Waals surface area contributed by atoms with Crippen LogP contribution < -0.4 is 164 Å². The first-order valence-corrected chi connectivity index (χ1v) is 4.74. The smallest absolute Gasteiger partial charge is 0.790 e. The Balaban J connectivity index is -0.000000480. The summed E-state index contributed by atoms with van der Waals surface area (Å²) in [6.07, 6.45) is 0. The Morgan fingerprint density at radius 2 is 1.53 bits per heavy atom.